The number of aryl methyl sites for hydroxylation is 1. The summed E-state index contributed by atoms with van der Waals surface area (Å²) in [5, 5.41) is 13.3. The van der Waals surface area contributed by atoms with E-state index in [1.54, 1.807) is 29.4 Å². The first-order chi connectivity index (χ1) is 13.2. The number of rotatable bonds is 6. The highest BCUT2D eigenvalue weighted by atomic mass is 35.5. The summed E-state index contributed by atoms with van der Waals surface area (Å²) in [6.45, 7) is 4.81. The van der Waals surface area contributed by atoms with Crippen LogP contribution in [0.15, 0.2) is 51.5 Å². The second kappa shape index (κ2) is 7.88. The summed E-state index contributed by atoms with van der Waals surface area (Å²) in [6.07, 6.45) is 1.68. The third-order valence-corrected chi connectivity index (χ3v) is 6.39. The molecule has 5 nitrogen and oxygen atoms in total. The molecule has 0 aliphatic heterocycles. The Balaban J connectivity index is 1.52. The molecule has 1 aromatic carbocycles. The lowest BCUT2D eigenvalue weighted by Gasteiger charge is -2.06. The molecule has 8 heteroatoms. The number of hydrogen-bond acceptors (Lipinski definition) is 6. The van der Waals surface area contributed by atoms with Gasteiger partial charge in [0, 0.05) is 23.2 Å². The number of furan rings is 1. The van der Waals surface area contributed by atoms with E-state index in [2.05, 4.69) is 27.1 Å². The van der Waals surface area contributed by atoms with E-state index in [-0.39, 0.29) is 0 Å². The zero-order valence-electron chi connectivity index (χ0n) is 14.8. The van der Waals surface area contributed by atoms with Crippen LogP contribution in [0, 0.1) is 6.92 Å². The summed E-state index contributed by atoms with van der Waals surface area (Å²) in [4.78, 5) is 4.72. The lowest BCUT2D eigenvalue weighted by atomic mass is 10.2. The Hall–Kier alpha value is -2.09. The van der Waals surface area contributed by atoms with Gasteiger partial charge in [-0.3, -0.25) is 0 Å². The van der Waals surface area contributed by atoms with Crippen molar-refractivity contribution >= 4 is 34.7 Å². The molecule has 0 amide bonds. The lowest BCUT2D eigenvalue weighted by Crippen LogP contribution is -2.00. The Morgan fingerprint density at radius 1 is 1.19 bits per heavy atom. The molecular formula is C19H17ClN4OS2. The van der Waals surface area contributed by atoms with E-state index in [0.29, 0.717) is 0 Å². The van der Waals surface area contributed by atoms with Crippen molar-refractivity contribution in [2.24, 2.45) is 0 Å². The fourth-order valence-electron chi connectivity index (χ4n) is 2.77. The summed E-state index contributed by atoms with van der Waals surface area (Å²) in [6, 6.07) is 9.70. The van der Waals surface area contributed by atoms with E-state index in [1.165, 1.54) is 0 Å². The van der Waals surface area contributed by atoms with Crippen LogP contribution in [0.3, 0.4) is 0 Å². The van der Waals surface area contributed by atoms with Crippen LogP contribution in [0.5, 0.6) is 0 Å². The summed E-state index contributed by atoms with van der Waals surface area (Å²) < 4.78 is 7.51. The molecule has 0 spiro atoms. The monoisotopic (exact) mass is 416 g/mol. The first-order valence-corrected chi connectivity index (χ1v) is 10.7. The minimum Gasteiger partial charge on any atom is -0.469 e. The first kappa shape index (κ1) is 18.3. The van der Waals surface area contributed by atoms with E-state index in [1.807, 2.05) is 37.3 Å². The smallest absolute Gasteiger partial charge is 0.191 e. The molecule has 0 unspecified atom stereocenters. The van der Waals surface area contributed by atoms with Crippen molar-refractivity contribution in [1.82, 2.24) is 19.7 Å². The third kappa shape index (κ3) is 3.67. The van der Waals surface area contributed by atoms with Crippen LogP contribution in [0.1, 0.15) is 18.4 Å². The number of hydrogen-bond donors (Lipinski definition) is 0. The lowest BCUT2D eigenvalue weighted by molar-refractivity contribution is 0.534. The van der Waals surface area contributed by atoms with Crippen molar-refractivity contribution < 1.29 is 4.42 Å². The van der Waals surface area contributed by atoms with Gasteiger partial charge < -0.3 is 8.98 Å². The van der Waals surface area contributed by atoms with Crippen molar-refractivity contribution in [3.8, 4) is 22.0 Å². The van der Waals surface area contributed by atoms with Gasteiger partial charge in [0.25, 0.3) is 0 Å². The maximum absolute atomic E-state index is 6.28. The second-order valence-corrected chi connectivity index (χ2v) is 8.06. The second-order valence-electron chi connectivity index (χ2n) is 5.85. The van der Waals surface area contributed by atoms with Gasteiger partial charge in [-0.2, -0.15) is 0 Å². The van der Waals surface area contributed by atoms with Crippen molar-refractivity contribution in [2.75, 3.05) is 0 Å². The summed E-state index contributed by atoms with van der Waals surface area (Å²) in [7, 11) is 0. The Morgan fingerprint density at radius 2 is 2.04 bits per heavy atom. The van der Waals surface area contributed by atoms with Crippen molar-refractivity contribution in [1.29, 1.82) is 0 Å². The van der Waals surface area contributed by atoms with Gasteiger partial charge in [-0.15, -0.1) is 21.5 Å². The Labute approximate surface area is 170 Å². The standard InChI is InChI=1S/C19H17ClN4OS2/c1-3-24-17(14-8-9-25-12(14)2)22-23-19(24)27-11-13-10-26-18(21-13)15-6-4-5-7-16(15)20/h4-10H,3,11H2,1-2H3. The summed E-state index contributed by atoms with van der Waals surface area (Å²) in [5.74, 6) is 2.41. The Bertz CT molecular complexity index is 1070. The topological polar surface area (TPSA) is 56.7 Å². The highest BCUT2D eigenvalue weighted by Crippen LogP contribution is 2.32. The normalized spacial score (nSPS) is 11.2. The molecule has 0 atom stereocenters. The van der Waals surface area contributed by atoms with Crippen LogP contribution in [0.2, 0.25) is 5.02 Å². The number of halogens is 1. The van der Waals surface area contributed by atoms with E-state index in [0.717, 1.165) is 55.9 Å². The van der Waals surface area contributed by atoms with Crippen molar-refractivity contribution in [2.45, 2.75) is 31.3 Å². The molecule has 0 N–H and O–H groups in total. The Morgan fingerprint density at radius 3 is 2.78 bits per heavy atom. The summed E-state index contributed by atoms with van der Waals surface area (Å²) >= 11 is 9.51. The molecule has 4 aromatic rings. The average molecular weight is 417 g/mol. The molecule has 4 rings (SSSR count). The van der Waals surface area contributed by atoms with Crippen molar-refractivity contribution in [3.05, 3.63) is 58.5 Å². The minimum atomic E-state index is 0.719. The molecule has 138 valence electrons. The van der Waals surface area contributed by atoms with Crippen LogP contribution in [0.4, 0.5) is 0 Å². The molecule has 0 saturated carbocycles. The number of nitrogens with zero attached hydrogens (tertiary/aromatic N) is 4. The molecule has 0 aliphatic rings. The first-order valence-electron chi connectivity index (χ1n) is 8.47. The van der Waals surface area contributed by atoms with Crippen molar-refractivity contribution in [3.63, 3.8) is 0 Å². The molecule has 0 saturated heterocycles. The zero-order valence-corrected chi connectivity index (χ0v) is 17.2. The Kier molecular flexibility index (Phi) is 5.33. The third-order valence-electron chi connectivity index (χ3n) is 4.14. The number of benzene rings is 1. The van der Waals surface area contributed by atoms with E-state index in [4.69, 9.17) is 21.0 Å². The molecule has 27 heavy (non-hydrogen) atoms. The highest BCUT2D eigenvalue weighted by molar-refractivity contribution is 7.98. The van der Waals surface area contributed by atoms with Crippen LogP contribution >= 0.6 is 34.7 Å². The molecule has 0 fully saturated rings. The summed E-state index contributed by atoms with van der Waals surface area (Å²) in [5.41, 5.74) is 2.95. The number of thiazole rings is 1. The number of aromatic nitrogens is 4. The van der Waals surface area contributed by atoms with Crippen LogP contribution in [-0.4, -0.2) is 19.7 Å². The van der Waals surface area contributed by atoms with Gasteiger partial charge in [0.1, 0.15) is 10.8 Å². The fourth-order valence-corrected chi connectivity index (χ4v) is 4.91. The zero-order chi connectivity index (χ0) is 18.8. The van der Waals surface area contributed by atoms with E-state index in [9.17, 15) is 0 Å². The predicted molar refractivity (Wildman–Crippen MR) is 110 cm³/mol. The van der Waals surface area contributed by atoms with Gasteiger partial charge in [-0.05, 0) is 26.0 Å². The minimum absolute atomic E-state index is 0.719. The maximum Gasteiger partial charge on any atom is 0.191 e. The van der Waals surface area contributed by atoms with Gasteiger partial charge in [0.05, 0.1) is 22.5 Å². The largest absolute Gasteiger partial charge is 0.469 e. The van der Waals surface area contributed by atoms with Gasteiger partial charge in [-0.25, -0.2) is 4.98 Å². The van der Waals surface area contributed by atoms with Gasteiger partial charge in [-0.1, -0.05) is 41.6 Å². The molecular weight excluding hydrogens is 400 g/mol. The quantitative estimate of drug-likeness (QED) is 0.364. The molecule has 3 aromatic heterocycles. The molecule has 3 heterocycles. The van der Waals surface area contributed by atoms with Gasteiger partial charge >= 0.3 is 0 Å². The van der Waals surface area contributed by atoms with E-state index >= 15 is 0 Å². The molecule has 0 radical (unpaired) electrons. The fraction of sp³-hybridized carbons (Fsp3) is 0.211. The van der Waals surface area contributed by atoms with Gasteiger partial charge in [0.15, 0.2) is 11.0 Å². The maximum atomic E-state index is 6.28. The van der Waals surface area contributed by atoms with Crippen LogP contribution in [0.25, 0.3) is 22.0 Å². The SMILES string of the molecule is CCn1c(SCc2csc(-c3ccccc3Cl)n2)nnc1-c1ccoc1C. The molecule has 0 bridgehead atoms. The molecule has 0 aliphatic carbocycles. The number of thioether (sulfide) groups is 1. The van der Waals surface area contributed by atoms with Crippen LogP contribution in [-0.2, 0) is 12.3 Å². The van der Waals surface area contributed by atoms with E-state index < -0.39 is 0 Å². The average Bonchev–Trinajstić information content (AvgIpc) is 3.39. The van der Waals surface area contributed by atoms with Gasteiger partial charge in [0.2, 0.25) is 0 Å². The van der Waals surface area contributed by atoms with Crippen LogP contribution < -0.4 is 0 Å². The predicted octanol–water partition coefficient (Wildman–Crippen LogP) is 5.94. The highest BCUT2D eigenvalue weighted by Gasteiger charge is 2.17.